The van der Waals surface area contributed by atoms with Crippen LogP contribution in [0.5, 0.6) is 28.7 Å². The Labute approximate surface area is 328 Å². The fourth-order valence-corrected chi connectivity index (χ4v) is 7.31. The Bertz CT molecular complexity index is 1610. The summed E-state index contributed by atoms with van der Waals surface area (Å²) in [5.74, 6) is 4.28. The Hall–Kier alpha value is -3.34. The van der Waals surface area contributed by atoms with Gasteiger partial charge in [-0.2, -0.15) is 0 Å². The first-order chi connectivity index (χ1) is 26.6. The normalized spacial score (nSPS) is 11.5. The highest BCUT2D eigenvalue weighted by Gasteiger charge is 2.19. The van der Waals surface area contributed by atoms with Crippen molar-refractivity contribution in [3.8, 4) is 28.7 Å². The minimum atomic E-state index is 0.681. The van der Waals surface area contributed by atoms with Crippen molar-refractivity contribution in [2.45, 2.75) is 170 Å². The molecule has 0 unspecified atom stereocenters. The van der Waals surface area contributed by atoms with Crippen molar-refractivity contribution in [1.82, 2.24) is 0 Å². The van der Waals surface area contributed by atoms with Gasteiger partial charge in [-0.05, 0) is 113 Å². The summed E-state index contributed by atoms with van der Waals surface area (Å²) >= 11 is 0. The maximum absolute atomic E-state index is 6.60. The Kier molecular flexibility index (Phi) is 20.0. The highest BCUT2D eigenvalue weighted by Crippen LogP contribution is 2.46. The molecule has 0 N–H and O–H groups in total. The van der Waals surface area contributed by atoms with Crippen LogP contribution in [0, 0.1) is 6.92 Å². The molecule has 0 saturated carbocycles. The fourth-order valence-electron chi connectivity index (χ4n) is 7.31. The van der Waals surface area contributed by atoms with Crippen molar-refractivity contribution in [3.63, 3.8) is 0 Å². The van der Waals surface area contributed by atoms with Crippen molar-refractivity contribution in [2.24, 2.45) is 0 Å². The molecule has 0 aliphatic heterocycles. The number of hydrogen-bond acceptors (Lipinski definition) is 5. The van der Waals surface area contributed by atoms with Crippen LogP contribution < -0.4 is 23.7 Å². The van der Waals surface area contributed by atoms with E-state index >= 15 is 0 Å². The van der Waals surface area contributed by atoms with E-state index in [1.54, 1.807) is 0 Å². The van der Waals surface area contributed by atoms with Gasteiger partial charge in [-0.15, -0.1) is 0 Å². The molecule has 0 bridgehead atoms. The molecule has 54 heavy (non-hydrogen) atoms. The average Bonchev–Trinajstić information content (AvgIpc) is 3.18. The molecular formula is C49H74O5. The van der Waals surface area contributed by atoms with E-state index in [4.69, 9.17) is 23.7 Å². The molecule has 4 rings (SSSR count). The highest BCUT2D eigenvalue weighted by molar-refractivity contribution is 6.26. The van der Waals surface area contributed by atoms with E-state index in [1.165, 1.54) is 112 Å². The van der Waals surface area contributed by atoms with E-state index in [9.17, 15) is 0 Å². The molecule has 4 aromatic rings. The number of aryl methyl sites for hydroxylation is 1. The standard InChI is InChI=1S/C49H74O5/c1-7-12-17-22-27-50-45-33-40-39(32-38(45)6)41-34-46(51-28-23-18-13-8-2)48(53-30-25-20-15-10-4)36-43(41)44-37-49(54-31-26-21-16-11-5)47(35-42(40)44)52-29-24-19-14-9-3/h32-37H,7-31H2,1-6H3. The fraction of sp³-hybridized carbons (Fsp3) is 0.633. The van der Waals surface area contributed by atoms with E-state index in [-0.39, 0.29) is 0 Å². The maximum atomic E-state index is 6.60. The Balaban J connectivity index is 1.89. The van der Waals surface area contributed by atoms with Crippen LogP contribution in [0.15, 0.2) is 36.4 Å². The number of fused-ring (bicyclic) bond motifs is 6. The summed E-state index contributed by atoms with van der Waals surface area (Å²) in [6, 6.07) is 13.5. The summed E-state index contributed by atoms with van der Waals surface area (Å²) in [5.41, 5.74) is 1.15. The Morgan fingerprint density at radius 2 is 0.500 bits per heavy atom. The Morgan fingerprint density at radius 3 is 0.759 bits per heavy atom. The largest absolute Gasteiger partial charge is 0.493 e. The lowest BCUT2D eigenvalue weighted by Gasteiger charge is -2.20. The highest BCUT2D eigenvalue weighted by atomic mass is 16.5. The van der Waals surface area contributed by atoms with Crippen LogP contribution >= 0.6 is 0 Å². The first-order valence-electron chi connectivity index (χ1n) is 22.2. The van der Waals surface area contributed by atoms with Crippen molar-refractivity contribution in [1.29, 1.82) is 0 Å². The first kappa shape index (κ1) is 43.4. The molecule has 0 fully saturated rings. The van der Waals surface area contributed by atoms with Crippen LogP contribution in [0.4, 0.5) is 0 Å². The van der Waals surface area contributed by atoms with Gasteiger partial charge in [-0.25, -0.2) is 0 Å². The molecule has 4 aromatic carbocycles. The molecular weight excluding hydrogens is 669 g/mol. The van der Waals surface area contributed by atoms with Gasteiger partial charge in [0.05, 0.1) is 33.0 Å². The molecule has 0 aromatic heterocycles. The summed E-state index contributed by atoms with van der Waals surface area (Å²) < 4.78 is 32.8. The molecule has 0 heterocycles. The summed E-state index contributed by atoms with van der Waals surface area (Å²) in [6.07, 6.45) is 23.3. The quantitative estimate of drug-likeness (QED) is 0.0393. The molecule has 300 valence electrons. The van der Waals surface area contributed by atoms with Crippen LogP contribution in [0.25, 0.3) is 32.3 Å². The number of benzene rings is 4. The number of ether oxygens (including phenoxy) is 5. The molecule has 0 radical (unpaired) electrons. The third-order valence-corrected chi connectivity index (χ3v) is 10.6. The van der Waals surface area contributed by atoms with E-state index < -0.39 is 0 Å². The lowest BCUT2D eigenvalue weighted by Crippen LogP contribution is -2.04. The van der Waals surface area contributed by atoms with Crippen molar-refractivity contribution >= 4 is 32.3 Å². The second kappa shape index (κ2) is 24.9. The van der Waals surface area contributed by atoms with Gasteiger partial charge >= 0.3 is 0 Å². The molecule has 0 saturated heterocycles. The van der Waals surface area contributed by atoms with Crippen molar-refractivity contribution in [2.75, 3.05) is 33.0 Å². The van der Waals surface area contributed by atoms with E-state index in [2.05, 4.69) is 77.9 Å². The summed E-state index contributed by atoms with van der Waals surface area (Å²) in [4.78, 5) is 0. The topological polar surface area (TPSA) is 46.2 Å². The predicted molar refractivity (Wildman–Crippen MR) is 232 cm³/mol. The van der Waals surface area contributed by atoms with E-state index in [1.807, 2.05) is 0 Å². The first-order valence-corrected chi connectivity index (χ1v) is 22.2. The number of unbranched alkanes of at least 4 members (excludes halogenated alkanes) is 15. The molecule has 0 amide bonds. The van der Waals surface area contributed by atoms with Gasteiger partial charge in [0.25, 0.3) is 0 Å². The minimum absolute atomic E-state index is 0.681. The lowest BCUT2D eigenvalue weighted by molar-refractivity contribution is 0.259. The monoisotopic (exact) mass is 743 g/mol. The zero-order valence-electron chi connectivity index (χ0n) is 35.2. The van der Waals surface area contributed by atoms with Gasteiger partial charge in [0.15, 0.2) is 23.0 Å². The predicted octanol–water partition coefficient (Wildman–Crippen LogP) is 15.3. The second-order valence-electron chi connectivity index (χ2n) is 15.4. The summed E-state index contributed by atoms with van der Waals surface area (Å²) in [6.45, 7) is 16.9. The van der Waals surface area contributed by atoms with Crippen LogP contribution in [0.3, 0.4) is 0 Å². The molecule has 5 heteroatoms. The van der Waals surface area contributed by atoms with Crippen LogP contribution in [-0.2, 0) is 0 Å². The van der Waals surface area contributed by atoms with Gasteiger partial charge in [0, 0.05) is 0 Å². The smallest absolute Gasteiger partial charge is 0.161 e. The van der Waals surface area contributed by atoms with Gasteiger partial charge in [-0.3, -0.25) is 0 Å². The Morgan fingerprint density at radius 1 is 0.278 bits per heavy atom. The molecule has 0 aliphatic rings. The molecule has 0 aliphatic carbocycles. The molecule has 0 spiro atoms. The maximum Gasteiger partial charge on any atom is 0.161 e. The summed E-state index contributed by atoms with van der Waals surface area (Å²) in [5, 5.41) is 6.97. The number of rotatable bonds is 30. The lowest BCUT2D eigenvalue weighted by atomic mass is 9.92. The minimum Gasteiger partial charge on any atom is -0.493 e. The van der Waals surface area contributed by atoms with Gasteiger partial charge in [-0.1, -0.05) is 131 Å². The van der Waals surface area contributed by atoms with E-state index in [0.717, 1.165) is 89.2 Å². The van der Waals surface area contributed by atoms with E-state index in [0.29, 0.717) is 26.4 Å². The van der Waals surface area contributed by atoms with Crippen molar-refractivity contribution < 1.29 is 23.7 Å². The second-order valence-corrected chi connectivity index (χ2v) is 15.4. The van der Waals surface area contributed by atoms with Crippen molar-refractivity contribution in [3.05, 3.63) is 42.0 Å². The zero-order valence-corrected chi connectivity index (χ0v) is 35.2. The van der Waals surface area contributed by atoms with Crippen LogP contribution in [-0.4, -0.2) is 33.0 Å². The van der Waals surface area contributed by atoms with Gasteiger partial charge in [0.1, 0.15) is 5.75 Å². The third kappa shape index (κ3) is 13.2. The third-order valence-electron chi connectivity index (χ3n) is 10.6. The zero-order chi connectivity index (χ0) is 38.4. The van der Waals surface area contributed by atoms with Crippen LogP contribution in [0.1, 0.15) is 169 Å². The van der Waals surface area contributed by atoms with Gasteiger partial charge < -0.3 is 23.7 Å². The molecule has 0 atom stereocenters. The number of hydrogen-bond donors (Lipinski definition) is 0. The van der Waals surface area contributed by atoms with Gasteiger partial charge in [0.2, 0.25) is 0 Å². The molecule has 5 nitrogen and oxygen atoms in total. The summed E-state index contributed by atoms with van der Waals surface area (Å²) in [7, 11) is 0. The SMILES string of the molecule is CCCCCCOc1cc2c(cc1C)c1cc(OCCCCCC)c(OCCCCCC)cc1c1cc(OCCCCCC)c(OCCCCCC)cc21. The van der Waals surface area contributed by atoms with Crippen LogP contribution in [0.2, 0.25) is 0 Å². The average molecular weight is 743 g/mol.